The third kappa shape index (κ3) is 2.65. The maximum absolute atomic E-state index is 11.5. The Kier molecular flexibility index (Phi) is 5.31. The van der Waals surface area contributed by atoms with Gasteiger partial charge in [-0.3, -0.25) is 4.79 Å². The highest BCUT2D eigenvalue weighted by molar-refractivity contribution is 5.82. The summed E-state index contributed by atoms with van der Waals surface area (Å²) in [5.74, 6) is -1.27. The summed E-state index contributed by atoms with van der Waals surface area (Å²) in [6.07, 6.45) is 5.05. The number of rotatable bonds is 7. The third-order valence-electron chi connectivity index (χ3n) is 2.48. The molecule has 82 valence electrons. The summed E-state index contributed by atoms with van der Waals surface area (Å²) < 4.78 is 4.65. The van der Waals surface area contributed by atoms with Gasteiger partial charge in [-0.15, -0.1) is 13.2 Å². The number of aldehydes is 1. The molecule has 0 heterocycles. The normalized spacial score (nSPS) is 15.5. The molecule has 0 aromatic rings. The smallest absolute Gasteiger partial charge is 0.318 e. The molecular weight excluding hydrogens is 192 g/mol. The second-order valence-electron chi connectivity index (χ2n) is 3.10. The molecule has 0 saturated heterocycles. The first-order valence-electron chi connectivity index (χ1n) is 4.65. The zero-order valence-electron chi connectivity index (χ0n) is 8.94. The predicted molar refractivity (Wildman–Crippen MR) is 59.0 cm³/mol. The third-order valence-corrected chi connectivity index (χ3v) is 2.48. The van der Waals surface area contributed by atoms with Crippen molar-refractivity contribution in [2.75, 3.05) is 0 Å². The minimum absolute atomic E-state index is 0.461. The summed E-state index contributed by atoms with van der Waals surface area (Å²) in [6, 6.07) is 0. The Morgan fingerprint density at radius 2 is 2.07 bits per heavy atom. The second-order valence-corrected chi connectivity index (χ2v) is 3.10. The molecule has 0 aliphatic heterocycles. The summed E-state index contributed by atoms with van der Waals surface area (Å²) in [7, 11) is 0. The zero-order chi connectivity index (χ0) is 11.9. The van der Waals surface area contributed by atoms with E-state index >= 15 is 0 Å². The van der Waals surface area contributed by atoms with E-state index in [2.05, 4.69) is 24.5 Å². The fourth-order valence-electron chi connectivity index (χ4n) is 1.39. The Labute approximate surface area is 90.1 Å². The van der Waals surface area contributed by atoms with Crippen molar-refractivity contribution < 1.29 is 14.3 Å². The molecule has 2 atom stereocenters. The first-order chi connectivity index (χ1) is 7.11. The van der Waals surface area contributed by atoms with Gasteiger partial charge in [0.2, 0.25) is 0 Å². The van der Waals surface area contributed by atoms with Crippen LogP contribution in [0.3, 0.4) is 0 Å². The van der Waals surface area contributed by atoms with E-state index in [9.17, 15) is 9.59 Å². The molecule has 0 amide bonds. The second kappa shape index (κ2) is 5.96. The Hall–Kier alpha value is -1.64. The summed E-state index contributed by atoms with van der Waals surface area (Å²) >= 11 is 0. The fourth-order valence-corrected chi connectivity index (χ4v) is 1.39. The highest BCUT2D eigenvalue weighted by Crippen LogP contribution is 2.32. The quantitative estimate of drug-likeness (QED) is 0.279. The van der Waals surface area contributed by atoms with Crippen LogP contribution in [-0.2, 0) is 14.3 Å². The number of hydrogen-bond donors (Lipinski definition) is 0. The van der Waals surface area contributed by atoms with Gasteiger partial charge in [-0.1, -0.05) is 25.7 Å². The van der Waals surface area contributed by atoms with E-state index < -0.39 is 17.3 Å². The van der Waals surface area contributed by atoms with Gasteiger partial charge in [0.15, 0.2) is 0 Å². The monoisotopic (exact) mass is 208 g/mol. The summed E-state index contributed by atoms with van der Waals surface area (Å²) in [6.45, 7) is 12.2. The number of carbonyl (C=O) groups excluding carboxylic acids is 2. The van der Waals surface area contributed by atoms with Crippen LogP contribution in [0.4, 0.5) is 0 Å². The van der Waals surface area contributed by atoms with E-state index in [-0.39, 0.29) is 0 Å². The number of esters is 1. The molecule has 0 aromatic heterocycles. The van der Waals surface area contributed by atoms with Crippen LogP contribution in [0.5, 0.6) is 0 Å². The van der Waals surface area contributed by atoms with Crippen LogP contribution in [-0.4, -0.2) is 12.3 Å². The van der Waals surface area contributed by atoms with Crippen molar-refractivity contribution in [2.24, 2.45) is 11.3 Å². The summed E-state index contributed by atoms with van der Waals surface area (Å²) in [5.41, 5.74) is -0.943. The minimum Gasteiger partial charge on any atom is -0.435 e. The topological polar surface area (TPSA) is 43.4 Å². The molecule has 0 fully saturated rings. The Morgan fingerprint density at radius 1 is 1.47 bits per heavy atom. The standard InChI is InChI=1S/C12H16O3/c1-5-10(11(14)15-8-4)12(6-2,7-3)9-13/h5-6,8-10H,1-2,4,7H2,3H3. The lowest BCUT2D eigenvalue weighted by Crippen LogP contribution is -2.34. The average molecular weight is 208 g/mol. The molecule has 2 unspecified atom stereocenters. The van der Waals surface area contributed by atoms with Gasteiger partial charge in [0.05, 0.1) is 17.6 Å². The molecule has 15 heavy (non-hydrogen) atoms. The van der Waals surface area contributed by atoms with Crippen LogP contribution in [0.25, 0.3) is 0 Å². The van der Waals surface area contributed by atoms with Gasteiger partial charge in [-0.25, -0.2) is 0 Å². The van der Waals surface area contributed by atoms with Crippen LogP contribution in [0, 0.1) is 11.3 Å². The summed E-state index contributed by atoms with van der Waals surface area (Å²) in [5, 5.41) is 0. The maximum atomic E-state index is 11.5. The van der Waals surface area contributed by atoms with Crippen molar-refractivity contribution in [3.8, 4) is 0 Å². The molecule has 0 aliphatic carbocycles. The van der Waals surface area contributed by atoms with Crippen LogP contribution in [0.15, 0.2) is 38.2 Å². The molecular formula is C12H16O3. The van der Waals surface area contributed by atoms with E-state index in [1.807, 2.05) is 0 Å². The van der Waals surface area contributed by atoms with Gasteiger partial charge >= 0.3 is 5.97 Å². The highest BCUT2D eigenvalue weighted by Gasteiger charge is 2.38. The van der Waals surface area contributed by atoms with Crippen LogP contribution in [0.1, 0.15) is 13.3 Å². The maximum Gasteiger partial charge on any atom is 0.318 e. The van der Waals surface area contributed by atoms with Crippen molar-refractivity contribution in [1.82, 2.24) is 0 Å². The number of ether oxygens (including phenoxy) is 1. The van der Waals surface area contributed by atoms with E-state index in [1.165, 1.54) is 12.2 Å². The first-order valence-corrected chi connectivity index (χ1v) is 4.65. The molecule has 0 spiro atoms. The van der Waals surface area contributed by atoms with Gasteiger partial charge in [0.25, 0.3) is 0 Å². The van der Waals surface area contributed by atoms with Crippen molar-refractivity contribution in [3.63, 3.8) is 0 Å². The van der Waals surface area contributed by atoms with E-state index in [0.717, 1.165) is 6.26 Å². The number of carbonyl (C=O) groups is 2. The lowest BCUT2D eigenvalue weighted by molar-refractivity contribution is -0.146. The van der Waals surface area contributed by atoms with Crippen LogP contribution in [0.2, 0.25) is 0 Å². The van der Waals surface area contributed by atoms with E-state index in [4.69, 9.17) is 0 Å². The molecule has 0 rings (SSSR count). The minimum atomic E-state index is -0.943. The molecule has 0 aromatic carbocycles. The molecule has 0 aliphatic rings. The average Bonchev–Trinajstić information content (AvgIpc) is 2.26. The van der Waals surface area contributed by atoms with Gasteiger partial charge in [-0.05, 0) is 6.42 Å². The molecule has 3 heteroatoms. The van der Waals surface area contributed by atoms with Gasteiger partial charge in [0, 0.05) is 0 Å². The Balaban J connectivity index is 5.13. The van der Waals surface area contributed by atoms with Gasteiger partial charge in [0.1, 0.15) is 6.29 Å². The van der Waals surface area contributed by atoms with Crippen LogP contribution < -0.4 is 0 Å². The molecule has 0 bridgehead atoms. The largest absolute Gasteiger partial charge is 0.435 e. The Morgan fingerprint density at radius 3 is 2.33 bits per heavy atom. The fraction of sp³-hybridized carbons (Fsp3) is 0.333. The van der Waals surface area contributed by atoms with Crippen molar-refractivity contribution in [3.05, 3.63) is 38.2 Å². The van der Waals surface area contributed by atoms with Crippen LogP contribution >= 0.6 is 0 Å². The van der Waals surface area contributed by atoms with Crippen molar-refractivity contribution in [2.45, 2.75) is 13.3 Å². The Bertz CT molecular complexity index is 271. The molecule has 3 nitrogen and oxygen atoms in total. The van der Waals surface area contributed by atoms with E-state index in [0.29, 0.717) is 12.7 Å². The summed E-state index contributed by atoms with van der Waals surface area (Å²) in [4.78, 5) is 22.6. The number of allylic oxidation sites excluding steroid dienone is 1. The first kappa shape index (κ1) is 13.4. The molecule has 0 saturated carbocycles. The lowest BCUT2D eigenvalue weighted by Gasteiger charge is -2.28. The predicted octanol–water partition coefficient (Wildman–Crippen LogP) is 2.26. The SMILES string of the molecule is C=COC(=O)C(C=C)C(C=C)(C=O)CC. The van der Waals surface area contributed by atoms with Gasteiger partial charge in [-0.2, -0.15) is 0 Å². The number of hydrogen-bond acceptors (Lipinski definition) is 3. The lowest BCUT2D eigenvalue weighted by atomic mass is 9.74. The highest BCUT2D eigenvalue weighted by atomic mass is 16.5. The molecule has 0 radical (unpaired) electrons. The molecule has 0 N–H and O–H groups in total. The van der Waals surface area contributed by atoms with Crippen molar-refractivity contribution >= 4 is 12.3 Å². The van der Waals surface area contributed by atoms with E-state index in [1.54, 1.807) is 6.92 Å². The zero-order valence-corrected chi connectivity index (χ0v) is 8.94. The van der Waals surface area contributed by atoms with Crippen molar-refractivity contribution in [1.29, 1.82) is 0 Å². The van der Waals surface area contributed by atoms with Gasteiger partial charge < -0.3 is 9.53 Å².